The number of hydrogen-bond donors (Lipinski definition) is 0. The van der Waals surface area contributed by atoms with Crippen LogP contribution in [0.3, 0.4) is 0 Å². The number of carbonyl (C=O) groups excluding carboxylic acids is 2. The minimum absolute atomic E-state index is 0.161. The van der Waals surface area contributed by atoms with Crippen molar-refractivity contribution >= 4 is 46.2 Å². The number of rotatable bonds is 23. The van der Waals surface area contributed by atoms with Gasteiger partial charge in [-0.25, -0.2) is 18.4 Å². The molecule has 0 amide bonds. The van der Waals surface area contributed by atoms with Gasteiger partial charge in [-0.2, -0.15) is 0 Å². The van der Waals surface area contributed by atoms with E-state index in [1.807, 2.05) is 27.7 Å². The Kier molecular flexibility index (Phi) is 28.3. The van der Waals surface area contributed by atoms with Crippen LogP contribution >= 0.6 is 15.9 Å². The first kappa shape index (κ1) is 55.5. The number of hydrogen-bond acceptors (Lipinski definition) is 6. The second kappa shape index (κ2) is 29.6. The van der Waals surface area contributed by atoms with Crippen molar-refractivity contribution in [3.05, 3.63) is 91.2 Å². The molecular formula is C46H75BrF2N2O6Sn. The van der Waals surface area contributed by atoms with Crippen LogP contribution in [-0.4, -0.2) is 52.7 Å². The number of halogens is 3. The fourth-order valence-corrected chi connectivity index (χ4v) is 22.4. The molecule has 330 valence electrons. The van der Waals surface area contributed by atoms with Crippen LogP contribution in [0.5, 0.6) is 0 Å². The van der Waals surface area contributed by atoms with Crippen molar-refractivity contribution in [3.63, 3.8) is 0 Å². The SMILES string of the molecule is C=CCc1cn(C(CC(C)C)C(=O)OCC)c(=O)c(F)c1C.C=C[CH2][Sn]([CH2]CCC)([CH2]CCC)[CH2]CCC.CCOC(=O)C(CC(C)C)n1cc(Br)c(C)c(F)c1=O. The van der Waals surface area contributed by atoms with Crippen molar-refractivity contribution < 1.29 is 27.8 Å². The summed E-state index contributed by atoms with van der Waals surface area (Å²) in [6.45, 7) is 29.3. The predicted octanol–water partition coefficient (Wildman–Crippen LogP) is 12.4. The molecule has 0 aliphatic rings. The molecule has 0 saturated heterocycles. The number of allylic oxidation sites excluding steroid dienone is 2. The van der Waals surface area contributed by atoms with Crippen molar-refractivity contribution in [2.45, 2.75) is 164 Å². The molecule has 2 atom stereocenters. The largest absolute Gasteiger partial charge is 0.464 e. The Balaban J connectivity index is 0.000000852. The number of carbonyl (C=O) groups is 2. The number of pyridine rings is 2. The first-order chi connectivity index (χ1) is 27.4. The smallest absolute Gasteiger partial charge is 0.329 e. The molecule has 58 heavy (non-hydrogen) atoms. The van der Waals surface area contributed by atoms with Crippen LogP contribution in [0.25, 0.3) is 0 Å². The van der Waals surface area contributed by atoms with Gasteiger partial charge in [-0.15, -0.1) is 6.58 Å². The molecule has 0 aliphatic heterocycles. The van der Waals surface area contributed by atoms with Gasteiger partial charge in [-0.1, -0.05) is 33.8 Å². The van der Waals surface area contributed by atoms with Crippen LogP contribution in [0.15, 0.2) is 51.8 Å². The molecule has 0 aliphatic carbocycles. The van der Waals surface area contributed by atoms with Gasteiger partial charge in [0.25, 0.3) is 11.1 Å². The maximum absolute atomic E-state index is 14.2. The fraction of sp³-hybridized carbons (Fsp3) is 0.652. The van der Waals surface area contributed by atoms with E-state index in [0.29, 0.717) is 34.9 Å². The Bertz CT molecular complexity index is 1670. The zero-order valence-corrected chi connectivity index (χ0v) is 42.1. The summed E-state index contributed by atoms with van der Waals surface area (Å²) >= 11 is 1.42. The van der Waals surface area contributed by atoms with E-state index in [9.17, 15) is 28.0 Å². The van der Waals surface area contributed by atoms with E-state index in [0.717, 1.165) is 4.57 Å². The van der Waals surface area contributed by atoms with E-state index in [4.69, 9.17) is 9.47 Å². The average Bonchev–Trinajstić information content (AvgIpc) is 3.18. The molecule has 0 bridgehead atoms. The van der Waals surface area contributed by atoms with Gasteiger partial charge in [-0.05, 0) is 85.9 Å². The van der Waals surface area contributed by atoms with E-state index >= 15 is 0 Å². The minimum Gasteiger partial charge on any atom is -0.464 e. The Labute approximate surface area is 361 Å². The van der Waals surface area contributed by atoms with Gasteiger partial charge in [0.1, 0.15) is 12.1 Å². The van der Waals surface area contributed by atoms with E-state index < -0.39 is 65.2 Å². The van der Waals surface area contributed by atoms with Crippen LogP contribution < -0.4 is 11.1 Å². The maximum Gasteiger partial charge on any atom is 0.329 e. The Hall–Kier alpha value is -2.54. The van der Waals surface area contributed by atoms with Crippen molar-refractivity contribution in [2.24, 2.45) is 11.8 Å². The summed E-state index contributed by atoms with van der Waals surface area (Å²) in [5, 5.41) is 0. The van der Waals surface area contributed by atoms with Crippen LogP contribution in [0.2, 0.25) is 17.7 Å². The van der Waals surface area contributed by atoms with Crippen LogP contribution in [0.4, 0.5) is 8.78 Å². The van der Waals surface area contributed by atoms with Gasteiger partial charge in [0.15, 0.2) is 11.6 Å². The number of unbranched alkanes of at least 4 members (excludes halogenated alkanes) is 3. The third kappa shape index (κ3) is 18.4. The van der Waals surface area contributed by atoms with Crippen molar-refractivity contribution in [1.29, 1.82) is 0 Å². The summed E-state index contributed by atoms with van der Waals surface area (Å²) in [7, 11) is 0. The van der Waals surface area contributed by atoms with Crippen LogP contribution in [0.1, 0.15) is 142 Å². The molecule has 2 rings (SSSR count). The fourth-order valence-electron chi connectivity index (χ4n) is 6.88. The molecule has 2 aromatic rings. The van der Waals surface area contributed by atoms with E-state index in [1.165, 1.54) is 60.6 Å². The molecule has 12 heteroatoms. The Morgan fingerprint density at radius 2 is 1.12 bits per heavy atom. The maximum atomic E-state index is 14.2. The summed E-state index contributed by atoms with van der Waals surface area (Å²) < 4.78 is 47.2. The van der Waals surface area contributed by atoms with E-state index in [-0.39, 0.29) is 30.6 Å². The summed E-state index contributed by atoms with van der Waals surface area (Å²) in [5.74, 6) is -2.37. The first-order valence-electron chi connectivity index (χ1n) is 21.4. The van der Waals surface area contributed by atoms with Crippen molar-refractivity contribution in [2.75, 3.05) is 13.2 Å². The summed E-state index contributed by atoms with van der Waals surface area (Å²) in [6.07, 6.45) is 16.7. The van der Waals surface area contributed by atoms with Gasteiger partial charge in [0.05, 0.1) is 13.2 Å². The normalized spacial score (nSPS) is 12.2. The Morgan fingerprint density at radius 3 is 1.47 bits per heavy atom. The van der Waals surface area contributed by atoms with Gasteiger partial charge in [0, 0.05) is 22.4 Å². The average molecular weight is 989 g/mol. The molecule has 0 fully saturated rings. The van der Waals surface area contributed by atoms with Gasteiger partial charge >= 0.3 is 120 Å². The van der Waals surface area contributed by atoms with E-state index in [1.54, 1.807) is 46.4 Å². The molecule has 2 unspecified atom stereocenters. The second-order valence-corrected chi connectivity index (χ2v) is 30.9. The predicted molar refractivity (Wildman–Crippen MR) is 243 cm³/mol. The molecule has 0 radical (unpaired) electrons. The zero-order valence-electron chi connectivity index (χ0n) is 37.6. The summed E-state index contributed by atoms with van der Waals surface area (Å²) in [6, 6.07) is -1.63. The third-order valence-corrected chi connectivity index (χ3v) is 26.4. The molecule has 0 N–H and O–H groups in total. The van der Waals surface area contributed by atoms with Gasteiger partial charge in [0.2, 0.25) is 0 Å². The number of esters is 2. The second-order valence-electron chi connectivity index (χ2n) is 16.0. The summed E-state index contributed by atoms with van der Waals surface area (Å²) in [4.78, 5) is 48.5. The molecular weight excluding hydrogens is 913 g/mol. The molecule has 2 heterocycles. The standard InChI is InChI=1S/C17H24FNO3.C14H19BrFNO3.3C4H9.C3H5.Sn/c1-6-8-13-10-19(16(20)15(18)12(13)5)14(9-11(3)4)17(21)22-7-2;1-5-20-14(19)11(6-8(2)3)17-7-10(15)9(4)12(16)13(17)18;3*1-3-4-2;1-3-2;/h6,10-11,14H,1,7-9H2,2-5H3;7-8,11H,5-6H2,1-4H3;3*1,3-4H2,2H3;3H,1-2H2;. The van der Waals surface area contributed by atoms with Gasteiger partial charge < -0.3 is 9.47 Å². The molecule has 2 aromatic heterocycles. The quantitative estimate of drug-likeness (QED) is 0.0625. The van der Waals surface area contributed by atoms with Crippen molar-refractivity contribution in [3.8, 4) is 0 Å². The third-order valence-electron chi connectivity index (χ3n) is 10.2. The molecule has 8 nitrogen and oxygen atoms in total. The minimum atomic E-state index is -1.78. The number of nitrogens with zero attached hydrogens (tertiary/aromatic N) is 2. The number of ether oxygens (including phenoxy) is 2. The van der Waals surface area contributed by atoms with Crippen LogP contribution in [-0.2, 0) is 25.5 Å². The topological polar surface area (TPSA) is 96.6 Å². The number of aromatic nitrogens is 2. The van der Waals surface area contributed by atoms with Crippen LogP contribution in [0, 0.1) is 37.3 Å². The van der Waals surface area contributed by atoms with Gasteiger partial charge in [-0.3, -0.25) is 18.7 Å². The summed E-state index contributed by atoms with van der Waals surface area (Å²) in [5.41, 5.74) is -0.412. The molecule has 0 saturated carbocycles. The van der Waals surface area contributed by atoms with E-state index in [2.05, 4.69) is 55.9 Å². The monoisotopic (exact) mass is 988 g/mol. The first-order valence-corrected chi connectivity index (χ1v) is 30.2. The molecule has 0 spiro atoms. The molecule has 0 aromatic carbocycles. The van der Waals surface area contributed by atoms with Crippen molar-refractivity contribution in [1.82, 2.24) is 9.13 Å². The Morgan fingerprint density at radius 1 is 0.724 bits per heavy atom. The zero-order chi connectivity index (χ0) is 44.6.